The topological polar surface area (TPSA) is 84.0 Å². The summed E-state index contributed by atoms with van der Waals surface area (Å²) in [6.07, 6.45) is 0. The molecule has 3 N–H and O–H groups in total. The summed E-state index contributed by atoms with van der Waals surface area (Å²) in [6, 6.07) is 3.68. The van der Waals surface area contributed by atoms with Gasteiger partial charge >= 0.3 is 0 Å². The molecule has 0 spiro atoms. The highest BCUT2D eigenvalue weighted by molar-refractivity contribution is 6.01. The van der Waals surface area contributed by atoms with Gasteiger partial charge in [-0.3, -0.25) is 0 Å². The third-order valence-corrected chi connectivity index (χ3v) is 3.30. The Bertz CT molecular complexity index is 499. The lowest BCUT2D eigenvalue weighted by Crippen LogP contribution is -2.54. The van der Waals surface area contributed by atoms with Crippen LogP contribution < -0.4 is 10.6 Å². The smallest absolute Gasteiger partial charge is 0.173 e. The standard InChI is InChI=1S/C13H20N4O2/c1-9-4-5-10(11(14)16-18)12(15-9)17-6-7-19-8-13(17,2)3/h4-5,18H,6-8H2,1-3H3,(H2,14,16). The van der Waals surface area contributed by atoms with Crippen LogP contribution in [-0.2, 0) is 4.74 Å². The van der Waals surface area contributed by atoms with Crippen molar-refractivity contribution in [3.63, 3.8) is 0 Å². The Balaban J connectivity index is 2.50. The Kier molecular flexibility index (Phi) is 3.61. The molecule has 19 heavy (non-hydrogen) atoms. The number of hydrogen-bond donors (Lipinski definition) is 2. The van der Waals surface area contributed by atoms with Gasteiger partial charge in [-0.05, 0) is 32.9 Å². The highest BCUT2D eigenvalue weighted by Crippen LogP contribution is 2.28. The highest BCUT2D eigenvalue weighted by Gasteiger charge is 2.33. The number of pyridine rings is 1. The second-order valence-corrected chi connectivity index (χ2v) is 5.33. The third-order valence-electron chi connectivity index (χ3n) is 3.30. The Morgan fingerprint density at radius 2 is 2.26 bits per heavy atom. The molecule has 0 unspecified atom stereocenters. The van der Waals surface area contributed by atoms with E-state index in [9.17, 15) is 0 Å². The lowest BCUT2D eigenvalue weighted by molar-refractivity contribution is 0.0639. The van der Waals surface area contributed by atoms with E-state index in [1.807, 2.05) is 19.1 Å². The molecule has 0 atom stereocenters. The van der Waals surface area contributed by atoms with Crippen molar-refractivity contribution in [3.8, 4) is 0 Å². The summed E-state index contributed by atoms with van der Waals surface area (Å²) >= 11 is 0. The number of aromatic nitrogens is 1. The maximum absolute atomic E-state index is 8.90. The number of amidine groups is 1. The van der Waals surface area contributed by atoms with E-state index in [-0.39, 0.29) is 11.4 Å². The Morgan fingerprint density at radius 3 is 2.89 bits per heavy atom. The van der Waals surface area contributed by atoms with Crippen LogP contribution in [0, 0.1) is 6.92 Å². The van der Waals surface area contributed by atoms with Gasteiger partial charge in [-0.25, -0.2) is 4.98 Å². The molecule has 0 saturated carbocycles. The maximum Gasteiger partial charge on any atom is 0.173 e. The fraction of sp³-hybridized carbons (Fsp3) is 0.538. The van der Waals surface area contributed by atoms with Crippen LogP contribution in [0.3, 0.4) is 0 Å². The van der Waals surface area contributed by atoms with Gasteiger partial charge in [-0.15, -0.1) is 0 Å². The SMILES string of the molecule is Cc1ccc(C(N)=NO)c(N2CCOCC2(C)C)n1. The number of nitrogens with zero attached hydrogens (tertiary/aromatic N) is 3. The molecule has 104 valence electrons. The third kappa shape index (κ3) is 2.63. The van der Waals surface area contributed by atoms with E-state index >= 15 is 0 Å². The van der Waals surface area contributed by atoms with Crippen LogP contribution in [0.1, 0.15) is 25.1 Å². The van der Waals surface area contributed by atoms with Gasteiger partial charge in [0.1, 0.15) is 5.82 Å². The van der Waals surface area contributed by atoms with Crippen molar-refractivity contribution >= 4 is 11.7 Å². The fourth-order valence-corrected chi connectivity index (χ4v) is 2.25. The highest BCUT2D eigenvalue weighted by atomic mass is 16.5. The largest absolute Gasteiger partial charge is 0.409 e. The second kappa shape index (κ2) is 5.05. The molecular formula is C13H20N4O2. The number of oxime groups is 1. The Labute approximate surface area is 112 Å². The predicted octanol–water partition coefficient (Wildman–Crippen LogP) is 1.10. The molecule has 0 radical (unpaired) electrons. The van der Waals surface area contributed by atoms with Gasteiger partial charge in [0.05, 0.1) is 24.3 Å². The molecule has 6 heteroatoms. The number of anilines is 1. The summed E-state index contributed by atoms with van der Waals surface area (Å²) in [5.74, 6) is 0.813. The summed E-state index contributed by atoms with van der Waals surface area (Å²) in [5, 5.41) is 12.0. The van der Waals surface area contributed by atoms with Crippen molar-refractivity contribution in [2.75, 3.05) is 24.7 Å². The monoisotopic (exact) mass is 264 g/mol. The zero-order valence-corrected chi connectivity index (χ0v) is 11.6. The average Bonchev–Trinajstić information content (AvgIpc) is 2.37. The van der Waals surface area contributed by atoms with Crippen molar-refractivity contribution in [2.24, 2.45) is 10.9 Å². The molecule has 1 fully saturated rings. The van der Waals surface area contributed by atoms with E-state index in [0.29, 0.717) is 18.8 Å². The first-order chi connectivity index (χ1) is 8.95. The molecule has 2 heterocycles. The van der Waals surface area contributed by atoms with Gasteiger partial charge in [0.2, 0.25) is 0 Å². The van der Waals surface area contributed by atoms with Crippen molar-refractivity contribution in [2.45, 2.75) is 26.3 Å². The molecule has 1 aliphatic heterocycles. The number of hydrogen-bond acceptors (Lipinski definition) is 5. The van der Waals surface area contributed by atoms with Crippen LogP contribution in [-0.4, -0.2) is 41.3 Å². The van der Waals surface area contributed by atoms with Crippen molar-refractivity contribution < 1.29 is 9.94 Å². The summed E-state index contributed by atoms with van der Waals surface area (Å²) < 4.78 is 5.51. The van der Waals surface area contributed by atoms with Gasteiger partial charge < -0.3 is 20.6 Å². The first-order valence-corrected chi connectivity index (χ1v) is 6.26. The van der Waals surface area contributed by atoms with E-state index in [4.69, 9.17) is 15.7 Å². The molecule has 0 bridgehead atoms. The van der Waals surface area contributed by atoms with E-state index < -0.39 is 0 Å². The van der Waals surface area contributed by atoms with Crippen molar-refractivity contribution in [3.05, 3.63) is 23.4 Å². The second-order valence-electron chi connectivity index (χ2n) is 5.33. The van der Waals surface area contributed by atoms with Gasteiger partial charge in [-0.2, -0.15) is 0 Å². The van der Waals surface area contributed by atoms with E-state index in [2.05, 4.69) is 28.9 Å². The summed E-state index contributed by atoms with van der Waals surface area (Å²) in [5.41, 5.74) is 7.10. The number of ether oxygens (including phenoxy) is 1. The molecule has 1 saturated heterocycles. The number of morpholine rings is 1. The van der Waals surface area contributed by atoms with Crippen LogP contribution >= 0.6 is 0 Å². The molecule has 0 amide bonds. The number of rotatable bonds is 2. The minimum absolute atomic E-state index is 0.0739. The molecule has 1 aromatic heterocycles. The van der Waals surface area contributed by atoms with Gasteiger partial charge in [-0.1, -0.05) is 5.16 Å². The summed E-state index contributed by atoms with van der Waals surface area (Å²) in [4.78, 5) is 6.71. The molecule has 0 aliphatic carbocycles. The Hall–Kier alpha value is -1.82. The van der Waals surface area contributed by atoms with Crippen LogP contribution in [0.4, 0.5) is 5.82 Å². The zero-order chi connectivity index (χ0) is 14.0. The molecular weight excluding hydrogens is 244 g/mol. The Morgan fingerprint density at radius 1 is 1.53 bits per heavy atom. The zero-order valence-electron chi connectivity index (χ0n) is 11.6. The minimum atomic E-state index is -0.177. The van der Waals surface area contributed by atoms with Gasteiger partial charge in [0.25, 0.3) is 0 Å². The van der Waals surface area contributed by atoms with E-state index in [1.54, 1.807) is 0 Å². The summed E-state index contributed by atoms with van der Waals surface area (Å²) in [7, 11) is 0. The van der Waals surface area contributed by atoms with Gasteiger partial charge in [0, 0.05) is 12.2 Å². The molecule has 6 nitrogen and oxygen atoms in total. The van der Waals surface area contributed by atoms with Crippen molar-refractivity contribution in [1.29, 1.82) is 0 Å². The first-order valence-electron chi connectivity index (χ1n) is 6.26. The van der Waals surface area contributed by atoms with Crippen LogP contribution in [0.2, 0.25) is 0 Å². The molecule has 2 rings (SSSR count). The molecule has 0 aromatic carbocycles. The number of aryl methyl sites for hydroxylation is 1. The van der Waals surface area contributed by atoms with Crippen LogP contribution in [0.25, 0.3) is 0 Å². The van der Waals surface area contributed by atoms with Crippen LogP contribution in [0.5, 0.6) is 0 Å². The van der Waals surface area contributed by atoms with Gasteiger partial charge in [0.15, 0.2) is 5.84 Å². The molecule has 1 aliphatic rings. The number of nitrogens with two attached hydrogens (primary N) is 1. The van der Waals surface area contributed by atoms with E-state index in [1.165, 1.54) is 0 Å². The van der Waals surface area contributed by atoms with E-state index in [0.717, 1.165) is 18.1 Å². The normalized spacial score (nSPS) is 19.5. The minimum Gasteiger partial charge on any atom is -0.409 e. The maximum atomic E-state index is 8.90. The predicted molar refractivity (Wildman–Crippen MR) is 73.7 cm³/mol. The quantitative estimate of drug-likeness (QED) is 0.362. The molecule has 1 aromatic rings. The summed E-state index contributed by atoms with van der Waals surface area (Å²) in [6.45, 7) is 8.10. The average molecular weight is 264 g/mol. The lowest BCUT2D eigenvalue weighted by atomic mass is 10.0. The van der Waals surface area contributed by atoms with Crippen LogP contribution in [0.15, 0.2) is 17.3 Å². The van der Waals surface area contributed by atoms with Crippen molar-refractivity contribution in [1.82, 2.24) is 4.98 Å². The first kappa shape index (κ1) is 13.6. The lowest BCUT2D eigenvalue weighted by Gasteiger charge is -2.43. The fourth-order valence-electron chi connectivity index (χ4n) is 2.25.